The van der Waals surface area contributed by atoms with Crippen molar-refractivity contribution in [2.24, 2.45) is 11.7 Å². The zero-order valence-corrected chi connectivity index (χ0v) is 9.50. The molecule has 0 fully saturated rings. The molecule has 0 spiro atoms. The Bertz CT molecular complexity index is 182. The van der Waals surface area contributed by atoms with E-state index in [1.807, 2.05) is 13.8 Å². The van der Waals surface area contributed by atoms with Crippen LogP contribution in [0.1, 0.15) is 27.2 Å². The SMILES string of the molecule is CCOC(=O)CC(N)(COC)C(C)C. The van der Waals surface area contributed by atoms with Crippen LogP contribution < -0.4 is 5.73 Å². The predicted molar refractivity (Wildman–Crippen MR) is 54.9 cm³/mol. The summed E-state index contributed by atoms with van der Waals surface area (Å²) in [5.74, 6) is -0.0902. The Labute approximate surface area is 85.8 Å². The summed E-state index contributed by atoms with van der Waals surface area (Å²) in [6.07, 6.45) is 0.201. The van der Waals surface area contributed by atoms with E-state index in [0.717, 1.165) is 0 Å². The summed E-state index contributed by atoms with van der Waals surface area (Å²) in [7, 11) is 1.58. The van der Waals surface area contributed by atoms with Crippen LogP contribution in [0.3, 0.4) is 0 Å². The molecule has 1 unspecified atom stereocenters. The highest BCUT2D eigenvalue weighted by Crippen LogP contribution is 2.19. The van der Waals surface area contributed by atoms with Gasteiger partial charge in [0.2, 0.25) is 0 Å². The fourth-order valence-electron chi connectivity index (χ4n) is 1.17. The van der Waals surface area contributed by atoms with Gasteiger partial charge in [0, 0.05) is 7.11 Å². The molecule has 0 saturated carbocycles. The predicted octanol–water partition coefficient (Wildman–Crippen LogP) is 0.940. The molecule has 14 heavy (non-hydrogen) atoms. The molecule has 0 bridgehead atoms. The molecule has 0 aromatic rings. The molecule has 0 saturated heterocycles. The van der Waals surface area contributed by atoms with Gasteiger partial charge in [0.15, 0.2) is 0 Å². The zero-order chi connectivity index (χ0) is 11.2. The summed E-state index contributed by atoms with van der Waals surface area (Å²) in [6.45, 7) is 6.47. The van der Waals surface area contributed by atoms with E-state index in [1.54, 1.807) is 14.0 Å². The van der Waals surface area contributed by atoms with Gasteiger partial charge in [0.1, 0.15) is 0 Å². The third-order valence-electron chi connectivity index (χ3n) is 2.34. The minimum absolute atomic E-state index is 0.173. The molecule has 4 heteroatoms. The van der Waals surface area contributed by atoms with Gasteiger partial charge in [-0.05, 0) is 12.8 Å². The Morgan fingerprint density at radius 3 is 2.43 bits per heavy atom. The van der Waals surface area contributed by atoms with E-state index in [0.29, 0.717) is 13.2 Å². The fourth-order valence-corrected chi connectivity index (χ4v) is 1.17. The molecule has 84 valence electrons. The fraction of sp³-hybridized carbons (Fsp3) is 0.900. The molecule has 0 aromatic heterocycles. The minimum atomic E-state index is -0.624. The minimum Gasteiger partial charge on any atom is -0.466 e. The summed E-state index contributed by atoms with van der Waals surface area (Å²) in [5.41, 5.74) is 5.43. The summed E-state index contributed by atoms with van der Waals surface area (Å²) < 4.78 is 9.87. The Hall–Kier alpha value is -0.610. The molecule has 1 atom stereocenters. The van der Waals surface area contributed by atoms with Gasteiger partial charge in [0.25, 0.3) is 0 Å². The zero-order valence-electron chi connectivity index (χ0n) is 9.50. The molecule has 0 aliphatic rings. The Morgan fingerprint density at radius 1 is 1.50 bits per heavy atom. The van der Waals surface area contributed by atoms with E-state index < -0.39 is 5.54 Å². The number of rotatable bonds is 6. The van der Waals surface area contributed by atoms with E-state index >= 15 is 0 Å². The molecule has 0 rings (SSSR count). The standard InChI is InChI=1S/C10H21NO3/c1-5-14-9(12)6-10(11,7-13-4)8(2)3/h8H,5-7,11H2,1-4H3. The lowest BCUT2D eigenvalue weighted by atomic mass is 9.85. The number of hydrogen-bond acceptors (Lipinski definition) is 4. The number of carbonyl (C=O) groups is 1. The third-order valence-corrected chi connectivity index (χ3v) is 2.34. The first-order valence-electron chi connectivity index (χ1n) is 4.89. The van der Waals surface area contributed by atoms with Gasteiger partial charge in [0.05, 0.1) is 25.2 Å². The van der Waals surface area contributed by atoms with Gasteiger partial charge in [-0.15, -0.1) is 0 Å². The van der Waals surface area contributed by atoms with E-state index in [1.165, 1.54) is 0 Å². The normalized spacial score (nSPS) is 15.3. The van der Waals surface area contributed by atoms with Gasteiger partial charge in [-0.1, -0.05) is 13.8 Å². The molecule has 4 nitrogen and oxygen atoms in total. The first-order valence-corrected chi connectivity index (χ1v) is 4.89. The summed E-state index contributed by atoms with van der Waals surface area (Å²) in [6, 6.07) is 0. The van der Waals surface area contributed by atoms with Crippen molar-refractivity contribution in [1.82, 2.24) is 0 Å². The van der Waals surface area contributed by atoms with Crippen LogP contribution in [-0.4, -0.2) is 31.8 Å². The smallest absolute Gasteiger partial charge is 0.307 e. The summed E-state index contributed by atoms with van der Waals surface area (Å²) >= 11 is 0. The summed E-state index contributed by atoms with van der Waals surface area (Å²) in [4.78, 5) is 11.3. The van der Waals surface area contributed by atoms with Crippen molar-refractivity contribution >= 4 is 5.97 Å². The van der Waals surface area contributed by atoms with Gasteiger partial charge < -0.3 is 15.2 Å². The molecule has 0 heterocycles. The van der Waals surface area contributed by atoms with Crippen molar-refractivity contribution in [1.29, 1.82) is 0 Å². The quantitative estimate of drug-likeness (QED) is 0.653. The number of ether oxygens (including phenoxy) is 2. The monoisotopic (exact) mass is 203 g/mol. The maximum absolute atomic E-state index is 11.3. The van der Waals surface area contributed by atoms with Gasteiger partial charge in [-0.3, -0.25) is 4.79 Å². The number of nitrogens with two attached hydrogens (primary N) is 1. The maximum atomic E-state index is 11.3. The molecule has 0 aliphatic carbocycles. The van der Waals surface area contributed by atoms with Crippen LogP contribution in [0.2, 0.25) is 0 Å². The maximum Gasteiger partial charge on any atom is 0.307 e. The number of carbonyl (C=O) groups excluding carboxylic acids is 1. The van der Waals surface area contributed by atoms with Crippen molar-refractivity contribution in [3.63, 3.8) is 0 Å². The van der Waals surface area contributed by atoms with Gasteiger partial charge >= 0.3 is 5.97 Å². The van der Waals surface area contributed by atoms with E-state index in [2.05, 4.69) is 0 Å². The molecule has 0 aromatic carbocycles. The average Bonchev–Trinajstić information content (AvgIpc) is 2.04. The van der Waals surface area contributed by atoms with Crippen molar-refractivity contribution in [2.75, 3.05) is 20.3 Å². The van der Waals surface area contributed by atoms with E-state index in [-0.39, 0.29) is 18.3 Å². The van der Waals surface area contributed by atoms with Crippen molar-refractivity contribution in [3.05, 3.63) is 0 Å². The van der Waals surface area contributed by atoms with Gasteiger partial charge in [-0.2, -0.15) is 0 Å². The molecule has 0 radical (unpaired) electrons. The van der Waals surface area contributed by atoms with E-state index in [4.69, 9.17) is 15.2 Å². The van der Waals surface area contributed by atoms with Crippen LogP contribution in [0.5, 0.6) is 0 Å². The van der Waals surface area contributed by atoms with Crippen LogP contribution in [0, 0.1) is 5.92 Å². The lowest BCUT2D eigenvalue weighted by Gasteiger charge is -2.31. The molecular weight excluding hydrogens is 182 g/mol. The van der Waals surface area contributed by atoms with Crippen LogP contribution in [0.15, 0.2) is 0 Å². The van der Waals surface area contributed by atoms with Crippen LogP contribution >= 0.6 is 0 Å². The highest BCUT2D eigenvalue weighted by Gasteiger charge is 2.32. The molecule has 0 aliphatic heterocycles. The number of esters is 1. The van der Waals surface area contributed by atoms with Gasteiger partial charge in [-0.25, -0.2) is 0 Å². The molecule has 2 N–H and O–H groups in total. The second-order valence-corrected chi connectivity index (χ2v) is 3.80. The van der Waals surface area contributed by atoms with Crippen LogP contribution in [0.4, 0.5) is 0 Å². The molecule has 0 amide bonds. The van der Waals surface area contributed by atoms with Crippen molar-refractivity contribution < 1.29 is 14.3 Å². The van der Waals surface area contributed by atoms with Crippen LogP contribution in [0.25, 0.3) is 0 Å². The first kappa shape index (κ1) is 13.4. The number of methoxy groups -OCH3 is 1. The first-order chi connectivity index (χ1) is 6.46. The second kappa shape index (κ2) is 5.98. The average molecular weight is 203 g/mol. The topological polar surface area (TPSA) is 61.5 Å². The highest BCUT2D eigenvalue weighted by molar-refractivity contribution is 5.71. The Balaban J connectivity index is 4.28. The third kappa shape index (κ3) is 4.07. The lowest BCUT2D eigenvalue weighted by Crippen LogP contribution is -2.51. The Kier molecular flexibility index (Phi) is 5.72. The highest BCUT2D eigenvalue weighted by atomic mass is 16.5. The second-order valence-electron chi connectivity index (χ2n) is 3.80. The molecular formula is C10H21NO3. The van der Waals surface area contributed by atoms with Crippen molar-refractivity contribution in [2.45, 2.75) is 32.7 Å². The van der Waals surface area contributed by atoms with Crippen molar-refractivity contribution in [3.8, 4) is 0 Å². The summed E-state index contributed by atoms with van der Waals surface area (Å²) in [5, 5.41) is 0. The van der Waals surface area contributed by atoms with E-state index in [9.17, 15) is 4.79 Å². The van der Waals surface area contributed by atoms with Crippen LogP contribution in [-0.2, 0) is 14.3 Å². The lowest BCUT2D eigenvalue weighted by molar-refractivity contribution is -0.145. The largest absolute Gasteiger partial charge is 0.466 e. The Morgan fingerprint density at radius 2 is 2.07 bits per heavy atom. The number of hydrogen-bond donors (Lipinski definition) is 1.